The summed E-state index contributed by atoms with van der Waals surface area (Å²) in [7, 11) is 0. The third-order valence-electron chi connectivity index (χ3n) is 3.18. The number of hydrogen-bond donors (Lipinski definition) is 0. The van der Waals surface area contributed by atoms with Crippen LogP contribution in [0, 0.1) is 5.92 Å². The van der Waals surface area contributed by atoms with Crippen molar-refractivity contribution in [3.63, 3.8) is 0 Å². The molecule has 0 amide bonds. The smallest absolute Gasteiger partial charge is 0.434 e. The maximum Gasteiger partial charge on any atom is 0.508 e. The number of Topliss-reactive ketones (excluding diaryl/α,β-unsaturated/α-hetero) is 2. The molecule has 0 unspecified atom stereocenters. The largest absolute Gasteiger partial charge is 0.508 e. The molecule has 110 valence electrons. The van der Waals surface area contributed by atoms with E-state index >= 15 is 0 Å². The van der Waals surface area contributed by atoms with E-state index < -0.39 is 6.16 Å². The molecule has 5 nitrogen and oxygen atoms in total. The Balaban J connectivity index is 2.71. The van der Waals surface area contributed by atoms with E-state index in [9.17, 15) is 14.4 Å². The van der Waals surface area contributed by atoms with Gasteiger partial charge in [-0.1, -0.05) is 13.8 Å². The number of rotatable bonds is 4. The Morgan fingerprint density at radius 3 is 2.05 bits per heavy atom. The molecular weight excluding hydrogens is 260 g/mol. The Labute approximate surface area is 118 Å². The summed E-state index contributed by atoms with van der Waals surface area (Å²) in [5.41, 5.74) is 1.39. The number of hydrogen-bond acceptors (Lipinski definition) is 5. The highest BCUT2D eigenvalue weighted by Gasteiger charge is 2.28. The molecule has 0 saturated carbocycles. The third kappa shape index (κ3) is 3.56. The SMILES string of the molecule is CC1=C(C)C(=O)C(COC(=O)OCC(C)C)=C(C)C1=O. The van der Waals surface area contributed by atoms with E-state index in [0.29, 0.717) is 16.7 Å². The lowest BCUT2D eigenvalue weighted by atomic mass is 9.86. The zero-order chi connectivity index (χ0) is 15.4. The highest BCUT2D eigenvalue weighted by Crippen LogP contribution is 2.24. The maximum absolute atomic E-state index is 12.1. The van der Waals surface area contributed by atoms with Crippen LogP contribution in [0.25, 0.3) is 0 Å². The van der Waals surface area contributed by atoms with Crippen LogP contribution in [-0.2, 0) is 19.1 Å². The molecule has 0 bridgehead atoms. The summed E-state index contributed by atoms with van der Waals surface area (Å²) in [5.74, 6) is -0.235. The van der Waals surface area contributed by atoms with Gasteiger partial charge in [-0.05, 0) is 26.7 Å². The van der Waals surface area contributed by atoms with Gasteiger partial charge < -0.3 is 9.47 Å². The van der Waals surface area contributed by atoms with Crippen molar-refractivity contribution in [2.24, 2.45) is 5.92 Å². The molecule has 0 saturated heterocycles. The molecule has 0 atom stereocenters. The van der Waals surface area contributed by atoms with Gasteiger partial charge in [0, 0.05) is 22.3 Å². The maximum atomic E-state index is 12.1. The topological polar surface area (TPSA) is 69.7 Å². The van der Waals surface area contributed by atoms with Crippen LogP contribution in [0.2, 0.25) is 0 Å². The van der Waals surface area contributed by atoms with Crippen molar-refractivity contribution in [3.8, 4) is 0 Å². The molecule has 1 aliphatic rings. The second-order valence-corrected chi connectivity index (χ2v) is 5.26. The van der Waals surface area contributed by atoms with Gasteiger partial charge in [-0.2, -0.15) is 0 Å². The Morgan fingerprint density at radius 2 is 1.50 bits per heavy atom. The number of allylic oxidation sites excluding steroid dienone is 3. The van der Waals surface area contributed by atoms with Crippen molar-refractivity contribution < 1.29 is 23.9 Å². The van der Waals surface area contributed by atoms with Crippen molar-refractivity contribution in [2.75, 3.05) is 13.2 Å². The molecule has 0 aromatic heterocycles. The zero-order valence-electron chi connectivity index (χ0n) is 12.5. The fourth-order valence-corrected chi connectivity index (χ4v) is 1.74. The quantitative estimate of drug-likeness (QED) is 0.584. The highest BCUT2D eigenvalue weighted by molar-refractivity contribution is 6.24. The van der Waals surface area contributed by atoms with Gasteiger partial charge in [0.2, 0.25) is 0 Å². The van der Waals surface area contributed by atoms with Crippen LogP contribution in [0.5, 0.6) is 0 Å². The predicted octanol–water partition coefficient (Wildman–Crippen LogP) is 2.60. The second-order valence-electron chi connectivity index (χ2n) is 5.26. The van der Waals surface area contributed by atoms with E-state index in [2.05, 4.69) is 0 Å². The first-order valence-corrected chi connectivity index (χ1v) is 6.51. The first kappa shape index (κ1) is 16.1. The van der Waals surface area contributed by atoms with Gasteiger partial charge in [-0.25, -0.2) is 4.79 Å². The van der Waals surface area contributed by atoms with Crippen LogP contribution in [-0.4, -0.2) is 30.9 Å². The average molecular weight is 280 g/mol. The third-order valence-corrected chi connectivity index (χ3v) is 3.18. The van der Waals surface area contributed by atoms with Crippen LogP contribution < -0.4 is 0 Å². The summed E-state index contributed by atoms with van der Waals surface area (Å²) in [6.45, 7) is 8.60. The molecule has 0 aromatic carbocycles. The normalized spacial score (nSPS) is 16.1. The standard InChI is InChI=1S/C15H20O5/c1-8(2)6-19-15(18)20-7-12-11(5)13(16)9(3)10(4)14(12)17/h8H,6-7H2,1-5H3. The summed E-state index contributed by atoms with van der Waals surface area (Å²) in [4.78, 5) is 35.3. The fraction of sp³-hybridized carbons (Fsp3) is 0.533. The fourth-order valence-electron chi connectivity index (χ4n) is 1.74. The van der Waals surface area contributed by atoms with Gasteiger partial charge >= 0.3 is 6.16 Å². The number of carbonyl (C=O) groups is 3. The summed E-state index contributed by atoms with van der Waals surface area (Å²) in [5, 5.41) is 0. The minimum absolute atomic E-state index is 0.184. The molecule has 0 aliphatic heterocycles. The lowest BCUT2D eigenvalue weighted by Gasteiger charge is -2.18. The van der Waals surface area contributed by atoms with Crippen LogP contribution in [0.4, 0.5) is 4.79 Å². The molecular formula is C15H20O5. The lowest BCUT2D eigenvalue weighted by molar-refractivity contribution is -0.116. The van der Waals surface area contributed by atoms with E-state index in [4.69, 9.17) is 9.47 Å². The summed E-state index contributed by atoms with van der Waals surface area (Å²) in [6, 6.07) is 0. The van der Waals surface area contributed by atoms with Crippen LogP contribution in [0.1, 0.15) is 34.6 Å². The highest BCUT2D eigenvalue weighted by atomic mass is 16.7. The lowest BCUT2D eigenvalue weighted by Crippen LogP contribution is -2.24. The summed E-state index contributed by atoms with van der Waals surface area (Å²) >= 11 is 0. The van der Waals surface area contributed by atoms with Crippen molar-refractivity contribution in [2.45, 2.75) is 34.6 Å². The van der Waals surface area contributed by atoms with Crippen molar-refractivity contribution in [3.05, 3.63) is 22.3 Å². The molecule has 0 heterocycles. The van der Waals surface area contributed by atoms with E-state index in [0.717, 1.165) is 0 Å². The molecule has 0 N–H and O–H groups in total. The molecule has 0 radical (unpaired) electrons. The number of ether oxygens (including phenoxy) is 2. The van der Waals surface area contributed by atoms with Gasteiger partial charge in [0.1, 0.15) is 6.61 Å². The van der Waals surface area contributed by atoms with Gasteiger partial charge in [0.25, 0.3) is 0 Å². The van der Waals surface area contributed by atoms with Crippen LogP contribution in [0.15, 0.2) is 22.3 Å². The van der Waals surface area contributed by atoms with E-state index in [-0.39, 0.29) is 36.3 Å². The van der Waals surface area contributed by atoms with Crippen molar-refractivity contribution >= 4 is 17.7 Å². The molecule has 0 aromatic rings. The minimum atomic E-state index is -0.830. The van der Waals surface area contributed by atoms with Crippen LogP contribution >= 0.6 is 0 Å². The van der Waals surface area contributed by atoms with E-state index in [1.54, 1.807) is 20.8 Å². The Bertz CT molecular complexity index is 508. The zero-order valence-corrected chi connectivity index (χ0v) is 12.5. The molecule has 1 aliphatic carbocycles. The molecule has 1 rings (SSSR count). The molecule has 5 heteroatoms. The Hall–Kier alpha value is -1.91. The first-order chi connectivity index (χ1) is 9.25. The average Bonchev–Trinajstić information content (AvgIpc) is 2.40. The Morgan fingerprint density at radius 1 is 0.950 bits per heavy atom. The minimum Gasteiger partial charge on any atom is -0.434 e. The van der Waals surface area contributed by atoms with Gasteiger partial charge in [0.05, 0.1) is 6.61 Å². The number of carbonyl (C=O) groups excluding carboxylic acids is 3. The molecule has 20 heavy (non-hydrogen) atoms. The van der Waals surface area contributed by atoms with Crippen molar-refractivity contribution in [1.82, 2.24) is 0 Å². The summed E-state index contributed by atoms with van der Waals surface area (Å²) in [6.07, 6.45) is -0.830. The molecule has 0 spiro atoms. The monoisotopic (exact) mass is 280 g/mol. The number of ketones is 2. The van der Waals surface area contributed by atoms with Crippen LogP contribution in [0.3, 0.4) is 0 Å². The molecule has 0 fully saturated rings. The van der Waals surface area contributed by atoms with E-state index in [1.807, 2.05) is 13.8 Å². The van der Waals surface area contributed by atoms with Gasteiger partial charge in [0.15, 0.2) is 11.6 Å². The van der Waals surface area contributed by atoms with Gasteiger partial charge in [-0.15, -0.1) is 0 Å². The Kier molecular flexibility index (Phi) is 5.25. The van der Waals surface area contributed by atoms with E-state index in [1.165, 1.54) is 0 Å². The second kappa shape index (κ2) is 6.50. The van der Waals surface area contributed by atoms with Crippen molar-refractivity contribution in [1.29, 1.82) is 0 Å². The summed E-state index contributed by atoms with van der Waals surface area (Å²) < 4.78 is 9.74. The van der Waals surface area contributed by atoms with Gasteiger partial charge in [-0.3, -0.25) is 9.59 Å². The first-order valence-electron chi connectivity index (χ1n) is 6.51. The predicted molar refractivity (Wildman–Crippen MR) is 73.2 cm³/mol.